The Hall–Kier alpha value is -2.34. The molecule has 1 aliphatic carbocycles. The first-order valence-corrected chi connectivity index (χ1v) is 8.83. The first-order valence-electron chi connectivity index (χ1n) is 8.83. The van der Waals surface area contributed by atoms with E-state index >= 15 is 0 Å². The summed E-state index contributed by atoms with van der Waals surface area (Å²) in [6.07, 6.45) is 7.99. The Morgan fingerprint density at radius 2 is 2.04 bits per heavy atom. The van der Waals surface area contributed by atoms with Crippen LogP contribution in [0.5, 0.6) is 0 Å². The molecule has 0 spiro atoms. The van der Waals surface area contributed by atoms with E-state index in [4.69, 9.17) is 0 Å². The van der Waals surface area contributed by atoms with Crippen LogP contribution in [0.1, 0.15) is 43.1 Å². The maximum Gasteiger partial charge on any atom is 0.315 e. The lowest BCUT2D eigenvalue weighted by molar-refractivity contribution is 0.161. The number of aliphatic hydroxyl groups is 1. The number of carbonyl (C=O) groups is 1. The number of rotatable bonds is 6. The molecule has 1 saturated carbocycles. The van der Waals surface area contributed by atoms with Crippen LogP contribution in [0.3, 0.4) is 0 Å². The molecular formula is C19H26N4O2. The van der Waals surface area contributed by atoms with Crippen LogP contribution >= 0.6 is 0 Å². The van der Waals surface area contributed by atoms with Crippen molar-refractivity contribution in [1.29, 1.82) is 0 Å². The minimum absolute atomic E-state index is 0.0181. The average molecular weight is 342 g/mol. The minimum atomic E-state index is -0.478. The lowest BCUT2D eigenvalue weighted by Gasteiger charge is -2.29. The summed E-state index contributed by atoms with van der Waals surface area (Å²) in [6.45, 7) is -0.0181. The number of benzene rings is 1. The van der Waals surface area contributed by atoms with Crippen LogP contribution in [-0.4, -0.2) is 32.8 Å². The molecule has 2 amide bonds. The highest BCUT2D eigenvalue weighted by atomic mass is 16.3. The van der Waals surface area contributed by atoms with E-state index in [9.17, 15) is 9.90 Å². The number of urea groups is 1. The third-order valence-corrected chi connectivity index (χ3v) is 5.06. The Morgan fingerprint density at radius 3 is 2.64 bits per heavy atom. The molecule has 2 aromatic rings. The lowest BCUT2D eigenvalue weighted by Crippen LogP contribution is -2.53. The number of nitrogens with zero attached hydrogens (tertiary/aromatic N) is 2. The molecule has 3 rings (SSSR count). The highest BCUT2D eigenvalue weighted by Gasteiger charge is 2.35. The summed E-state index contributed by atoms with van der Waals surface area (Å²) in [4.78, 5) is 17.0. The standard InChI is InChI=1S/C19H26N4O2/c1-23-12-11-20-17(23)13-16(15-7-3-2-4-8-15)21-18(25)22-19(14-24)9-5-6-10-19/h2-4,7-8,11-12,16,24H,5-6,9-10,13-14H2,1H3,(H2,21,22,25)/t16-/m0/s1. The van der Waals surface area contributed by atoms with Crippen molar-refractivity contribution in [3.8, 4) is 0 Å². The van der Waals surface area contributed by atoms with Crippen LogP contribution in [0.2, 0.25) is 0 Å². The van der Waals surface area contributed by atoms with Gasteiger partial charge in [-0.25, -0.2) is 9.78 Å². The zero-order valence-corrected chi connectivity index (χ0v) is 14.6. The van der Waals surface area contributed by atoms with E-state index in [1.165, 1.54) is 0 Å². The summed E-state index contributed by atoms with van der Waals surface area (Å²) in [6, 6.07) is 9.48. The zero-order valence-electron chi connectivity index (χ0n) is 14.6. The highest BCUT2D eigenvalue weighted by molar-refractivity contribution is 5.75. The number of hydrogen-bond acceptors (Lipinski definition) is 3. The second-order valence-electron chi connectivity index (χ2n) is 6.87. The third kappa shape index (κ3) is 4.20. The van der Waals surface area contributed by atoms with Crippen molar-refractivity contribution >= 4 is 6.03 Å². The topological polar surface area (TPSA) is 79.2 Å². The Bertz CT molecular complexity index is 692. The van der Waals surface area contributed by atoms with E-state index in [1.54, 1.807) is 6.20 Å². The molecule has 3 N–H and O–H groups in total. The molecule has 6 heteroatoms. The van der Waals surface area contributed by atoms with Gasteiger partial charge in [0.1, 0.15) is 5.82 Å². The number of carbonyl (C=O) groups excluding carboxylic acids is 1. The molecule has 0 unspecified atom stereocenters. The molecule has 1 heterocycles. The first kappa shape index (κ1) is 17.5. The Morgan fingerprint density at radius 1 is 1.32 bits per heavy atom. The maximum atomic E-state index is 12.6. The second kappa shape index (κ2) is 7.70. The fourth-order valence-corrected chi connectivity index (χ4v) is 3.52. The van der Waals surface area contributed by atoms with Crippen molar-refractivity contribution in [3.05, 3.63) is 54.1 Å². The van der Waals surface area contributed by atoms with Gasteiger partial charge in [0.05, 0.1) is 18.2 Å². The molecular weight excluding hydrogens is 316 g/mol. The molecule has 0 radical (unpaired) electrons. The summed E-state index contributed by atoms with van der Waals surface area (Å²) in [5.41, 5.74) is 0.555. The molecule has 1 aliphatic rings. The van der Waals surface area contributed by atoms with Gasteiger partial charge in [-0.1, -0.05) is 43.2 Å². The van der Waals surface area contributed by atoms with Gasteiger partial charge < -0.3 is 20.3 Å². The van der Waals surface area contributed by atoms with Gasteiger partial charge in [-0.05, 0) is 18.4 Å². The Kier molecular flexibility index (Phi) is 5.38. The van der Waals surface area contributed by atoms with Crippen LogP contribution in [0.15, 0.2) is 42.7 Å². The van der Waals surface area contributed by atoms with E-state index in [-0.39, 0.29) is 18.7 Å². The molecule has 0 saturated heterocycles. The SMILES string of the molecule is Cn1ccnc1C[C@H](NC(=O)NC1(CO)CCCC1)c1ccccc1. The van der Waals surface area contributed by atoms with Gasteiger partial charge in [0.25, 0.3) is 0 Å². The van der Waals surface area contributed by atoms with E-state index in [2.05, 4.69) is 15.6 Å². The summed E-state index contributed by atoms with van der Waals surface area (Å²) < 4.78 is 1.96. The number of aromatic nitrogens is 2. The predicted octanol–water partition coefficient (Wildman–Crippen LogP) is 2.31. The summed E-state index contributed by atoms with van der Waals surface area (Å²) in [5.74, 6) is 0.909. The van der Waals surface area contributed by atoms with Gasteiger partial charge >= 0.3 is 6.03 Å². The average Bonchev–Trinajstić information content (AvgIpc) is 3.25. The van der Waals surface area contributed by atoms with Crippen molar-refractivity contribution in [1.82, 2.24) is 20.2 Å². The fourth-order valence-electron chi connectivity index (χ4n) is 3.52. The molecule has 0 bridgehead atoms. The van der Waals surface area contributed by atoms with E-state index in [0.717, 1.165) is 37.1 Å². The number of nitrogens with one attached hydrogen (secondary N) is 2. The molecule has 1 aromatic carbocycles. The number of hydrogen-bond donors (Lipinski definition) is 3. The van der Waals surface area contributed by atoms with Crippen LogP contribution in [0, 0.1) is 0 Å². The molecule has 134 valence electrons. The minimum Gasteiger partial charge on any atom is -0.394 e. The fraction of sp³-hybridized carbons (Fsp3) is 0.474. The normalized spacial score (nSPS) is 17.2. The highest BCUT2D eigenvalue weighted by Crippen LogP contribution is 2.29. The Balaban J connectivity index is 1.73. The molecule has 0 aliphatic heterocycles. The summed E-state index contributed by atoms with van der Waals surface area (Å²) >= 11 is 0. The largest absolute Gasteiger partial charge is 0.394 e. The first-order chi connectivity index (χ1) is 12.1. The number of imidazole rings is 1. The molecule has 1 fully saturated rings. The monoisotopic (exact) mass is 342 g/mol. The van der Waals surface area contributed by atoms with Crippen molar-refractivity contribution in [2.75, 3.05) is 6.61 Å². The zero-order chi connectivity index (χ0) is 17.7. The number of aliphatic hydroxyl groups excluding tert-OH is 1. The van der Waals surface area contributed by atoms with Crippen LogP contribution < -0.4 is 10.6 Å². The van der Waals surface area contributed by atoms with Gasteiger partial charge in [0.2, 0.25) is 0 Å². The van der Waals surface area contributed by atoms with E-state index in [0.29, 0.717) is 6.42 Å². The number of aryl methyl sites for hydroxylation is 1. The summed E-state index contributed by atoms with van der Waals surface area (Å²) in [7, 11) is 1.95. The summed E-state index contributed by atoms with van der Waals surface area (Å²) in [5, 5.41) is 15.8. The van der Waals surface area contributed by atoms with Gasteiger partial charge in [-0.3, -0.25) is 0 Å². The van der Waals surface area contributed by atoms with Crippen LogP contribution in [0.25, 0.3) is 0 Å². The van der Waals surface area contributed by atoms with Crippen molar-refractivity contribution in [3.63, 3.8) is 0 Å². The second-order valence-corrected chi connectivity index (χ2v) is 6.87. The predicted molar refractivity (Wildman–Crippen MR) is 96.0 cm³/mol. The lowest BCUT2D eigenvalue weighted by atomic mass is 9.99. The van der Waals surface area contributed by atoms with Crippen LogP contribution in [-0.2, 0) is 13.5 Å². The third-order valence-electron chi connectivity index (χ3n) is 5.06. The van der Waals surface area contributed by atoms with E-state index < -0.39 is 5.54 Å². The maximum absolute atomic E-state index is 12.6. The molecule has 1 atom stereocenters. The van der Waals surface area contributed by atoms with Crippen molar-refractivity contribution in [2.45, 2.75) is 43.7 Å². The Labute approximate surface area is 148 Å². The van der Waals surface area contributed by atoms with Gasteiger partial charge in [0, 0.05) is 25.9 Å². The smallest absolute Gasteiger partial charge is 0.315 e. The molecule has 1 aromatic heterocycles. The molecule has 6 nitrogen and oxygen atoms in total. The van der Waals surface area contributed by atoms with Crippen molar-refractivity contribution in [2.24, 2.45) is 7.05 Å². The number of amides is 2. The van der Waals surface area contributed by atoms with Gasteiger partial charge in [-0.2, -0.15) is 0 Å². The molecule has 25 heavy (non-hydrogen) atoms. The van der Waals surface area contributed by atoms with E-state index in [1.807, 2.05) is 48.1 Å². The van der Waals surface area contributed by atoms with Crippen LogP contribution in [0.4, 0.5) is 4.79 Å². The van der Waals surface area contributed by atoms with Crippen molar-refractivity contribution < 1.29 is 9.90 Å². The van der Waals surface area contributed by atoms with Gasteiger partial charge in [0.15, 0.2) is 0 Å². The quantitative estimate of drug-likeness (QED) is 0.754. The van der Waals surface area contributed by atoms with Gasteiger partial charge in [-0.15, -0.1) is 0 Å².